The molecule has 0 unspecified atom stereocenters. The van der Waals surface area contributed by atoms with E-state index in [0.717, 1.165) is 0 Å². The Labute approximate surface area is 134 Å². The highest BCUT2D eigenvalue weighted by atomic mass is 32.2. The first-order valence-corrected chi connectivity index (χ1v) is 7.79. The van der Waals surface area contributed by atoms with E-state index < -0.39 is 6.09 Å². The second-order valence-electron chi connectivity index (χ2n) is 5.82. The Hall–Kier alpha value is -1.77. The Kier molecular flexibility index (Phi) is 6.21. The van der Waals surface area contributed by atoms with Gasteiger partial charge in [0.05, 0.1) is 7.11 Å². The van der Waals surface area contributed by atoms with E-state index in [-0.39, 0.29) is 11.4 Å². The molecule has 0 fully saturated rings. The third-order valence-corrected chi connectivity index (χ3v) is 3.53. The van der Waals surface area contributed by atoms with Crippen molar-refractivity contribution >= 4 is 23.9 Å². The molecule has 0 bridgehead atoms. The van der Waals surface area contributed by atoms with Crippen molar-refractivity contribution in [2.75, 3.05) is 33.5 Å². The lowest BCUT2D eigenvalue weighted by Gasteiger charge is -2.13. The van der Waals surface area contributed by atoms with Gasteiger partial charge in [-0.15, -0.1) is 5.10 Å². The van der Waals surface area contributed by atoms with Crippen LogP contribution in [0.1, 0.15) is 26.6 Å². The van der Waals surface area contributed by atoms with Crippen LogP contribution in [-0.4, -0.2) is 65.3 Å². The molecule has 0 saturated carbocycles. The predicted molar refractivity (Wildman–Crippen MR) is 84.3 cm³/mol. The highest BCUT2D eigenvalue weighted by molar-refractivity contribution is 7.99. The number of amides is 2. The van der Waals surface area contributed by atoms with Gasteiger partial charge in [-0.2, -0.15) is 4.68 Å². The van der Waals surface area contributed by atoms with Gasteiger partial charge >= 0.3 is 12.1 Å². The van der Waals surface area contributed by atoms with Crippen LogP contribution in [0, 0.1) is 0 Å². The third kappa shape index (κ3) is 4.90. The van der Waals surface area contributed by atoms with E-state index in [0.29, 0.717) is 23.3 Å². The summed E-state index contributed by atoms with van der Waals surface area (Å²) in [6.45, 7) is 6.37. The summed E-state index contributed by atoms with van der Waals surface area (Å²) in [5, 5.41) is 7.40. The molecule has 1 heterocycles. The van der Waals surface area contributed by atoms with Gasteiger partial charge in [0.25, 0.3) is 0 Å². The van der Waals surface area contributed by atoms with Gasteiger partial charge in [-0.05, 0) is 0 Å². The monoisotopic (exact) mass is 329 g/mol. The lowest BCUT2D eigenvalue weighted by molar-refractivity contribution is 0.172. The molecule has 0 aromatic carbocycles. The molecular weight excluding hydrogens is 306 g/mol. The molecule has 0 saturated heterocycles. The van der Waals surface area contributed by atoms with Crippen molar-refractivity contribution in [2.24, 2.45) is 0 Å². The summed E-state index contributed by atoms with van der Waals surface area (Å²) in [6.07, 6.45) is -0.484. The molecule has 22 heavy (non-hydrogen) atoms. The number of rotatable bonds is 4. The van der Waals surface area contributed by atoms with Crippen molar-refractivity contribution in [3.8, 4) is 0 Å². The zero-order chi connectivity index (χ0) is 16.9. The fourth-order valence-electron chi connectivity index (χ4n) is 1.39. The molecule has 0 spiro atoms. The zero-order valence-electron chi connectivity index (χ0n) is 13.8. The Morgan fingerprint density at radius 1 is 1.36 bits per heavy atom. The Bertz CT molecular complexity index is 536. The van der Waals surface area contributed by atoms with Crippen molar-refractivity contribution in [1.82, 2.24) is 25.0 Å². The van der Waals surface area contributed by atoms with E-state index in [1.807, 2.05) is 20.8 Å². The first-order valence-electron chi connectivity index (χ1n) is 6.80. The van der Waals surface area contributed by atoms with Crippen LogP contribution in [0.15, 0.2) is 5.16 Å². The first-order chi connectivity index (χ1) is 10.2. The van der Waals surface area contributed by atoms with Gasteiger partial charge in [-0.25, -0.2) is 14.6 Å². The van der Waals surface area contributed by atoms with Gasteiger partial charge in [0.2, 0.25) is 0 Å². The normalized spacial score (nSPS) is 11.2. The number of nitrogens with one attached hydrogen (secondary N) is 1. The molecule has 1 N–H and O–H groups in total. The Balaban J connectivity index is 2.85. The van der Waals surface area contributed by atoms with Crippen molar-refractivity contribution in [3.63, 3.8) is 0 Å². The number of carbonyl (C=O) groups is 2. The molecule has 8 nitrogen and oxygen atoms in total. The predicted octanol–water partition coefficient (Wildman–Crippen LogP) is 1.55. The highest BCUT2D eigenvalue weighted by Gasteiger charge is 2.25. The van der Waals surface area contributed by atoms with Crippen LogP contribution < -0.4 is 5.32 Å². The maximum Gasteiger partial charge on any atom is 0.406 e. The second-order valence-corrected chi connectivity index (χ2v) is 6.89. The fourth-order valence-corrected chi connectivity index (χ4v) is 2.17. The summed E-state index contributed by atoms with van der Waals surface area (Å²) >= 11 is 1.35. The van der Waals surface area contributed by atoms with E-state index in [2.05, 4.69) is 20.1 Å². The van der Waals surface area contributed by atoms with Gasteiger partial charge in [-0.3, -0.25) is 0 Å². The highest BCUT2D eigenvalue weighted by Crippen LogP contribution is 2.23. The van der Waals surface area contributed by atoms with Crippen LogP contribution in [-0.2, 0) is 10.2 Å². The Morgan fingerprint density at radius 2 is 2.00 bits per heavy atom. The summed E-state index contributed by atoms with van der Waals surface area (Å²) in [5.41, 5.74) is -0.253. The average molecular weight is 329 g/mol. The number of hydrogen-bond donors (Lipinski definition) is 1. The van der Waals surface area contributed by atoms with Crippen LogP contribution in [0.3, 0.4) is 0 Å². The van der Waals surface area contributed by atoms with Crippen LogP contribution in [0.4, 0.5) is 9.59 Å². The minimum Gasteiger partial charge on any atom is -0.453 e. The number of aromatic nitrogens is 3. The number of methoxy groups -OCH3 is 1. The number of carbonyl (C=O) groups excluding carboxylic acids is 2. The van der Waals surface area contributed by atoms with Crippen molar-refractivity contribution < 1.29 is 14.3 Å². The molecule has 1 rings (SSSR count). The molecule has 2 amide bonds. The van der Waals surface area contributed by atoms with Gasteiger partial charge in [0, 0.05) is 31.8 Å². The van der Waals surface area contributed by atoms with Crippen molar-refractivity contribution in [1.29, 1.82) is 0 Å². The molecule has 9 heteroatoms. The van der Waals surface area contributed by atoms with Crippen molar-refractivity contribution in [2.45, 2.75) is 31.3 Å². The summed E-state index contributed by atoms with van der Waals surface area (Å²) in [7, 11) is 4.63. The molecule has 0 aliphatic carbocycles. The third-order valence-electron chi connectivity index (χ3n) is 2.60. The van der Waals surface area contributed by atoms with Crippen LogP contribution in [0.2, 0.25) is 0 Å². The second kappa shape index (κ2) is 7.48. The van der Waals surface area contributed by atoms with Crippen molar-refractivity contribution in [3.05, 3.63) is 5.82 Å². The van der Waals surface area contributed by atoms with E-state index in [4.69, 9.17) is 0 Å². The lowest BCUT2D eigenvalue weighted by Crippen LogP contribution is -2.29. The fraction of sp³-hybridized carbons (Fsp3) is 0.692. The van der Waals surface area contributed by atoms with E-state index >= 15 is 0 Å². The summed E-state index contributed by atoms with van der Waals surface area (Å²) in [5.74, 6) is 1.16. The van der Waals surface area contributed by atoms with Gasteiger partial charge in [0.15, 0.2) is 11.0 Å². The standard InChI is InChI=1S/C13H23N5O3S/c1-13(2,3)9-15-10(18(16-9)12(20)17(4)5)22-8-7-14-11(19)21-6/h7-8H2,1-6H3,(H,14,19). The van der Waals surface area contributed by atoms with Crippen LogP contribution in [0.25, 0.3) is 0 Å². The minimum atomic E-state index is -0.484. The molecule has 1 aromatic rings. The number of thioether (sulfide) groups is 1. The molecule has 0 aliphatic heterocycles. The molecule has 0 radical (unpaired) electrons. The van der Waals surface area contributed by atoms with E-state index in [1.165, 1.54) is 28.5 Å². The lowest BCUT2D eigenvalue weighted by atomic mass is 9.96. The smallest absolute Gasteiger partial charge is 0.406 e. The SMILES string of the molecule is COC(=O)NCCSc1nc(C(C)(C)C)nn1C(=O)N(C)C. The van der Waals surface area contributed by atoms with Crippen LogP contribution in [0.5, 0.6) is 0 Å². The minimum absolute atomic E-state index is 0.253. The zero-order valence-corrected chi connectivity index (χ0v) is 14.7. The number of ether oxygens (including phenoxy) is 1. The van der Waals surface area contributed by atoms with E-state index in [9.17, 15) is 9.59 Å². The number of alkyl carbamates (subject to hydrolysis) is 1. The maximum absolute atomic E-state index is 12.2. The topological polar surface area (TPSA) is 89.3 Å². The van der Waals surface area contributed by atoms with Gasteiger partial charge < -0.3 is 15.0 Å². The summed E-state index contributed by atoms with van der Waals surface area (Å²) < 4.78 is 5.79. The first kappa shape index (κ1) is 18.3. The van der Waals surface area contributed by atoms with Crippen LogP contribution >= 0.6 is 11.8 Å². The molecule has 0 aliphatic rings. The molecule has 0 atom stereocenters. The molecular formula is C13H23N5O3S. The molecule has 124 valence electrons. The maximum atomic E-state index is 12.2. The van der Waals surface area contributed by atoms with E-state index in [1.54, 1.807) is 14.1 Å². The largest absolute Gasteiger partial charge is 0.453 e. The molecule has 1 aromatic heterocycles. The summed E-state index contributed by atoms with van der Waals surface area (Å²) in [6, 6.07) is -0.258. The van der Waals surface area contributed by atoms with Gasteiger partial charge in [-0.1, -0.05) is 32.5 Å². The van der Waals surface area contributed by atoms with Gasteiger partial charge in [0.1, 0.15) is 0 Å². The average Bonchev–Trinajstić information content (AvgIpc) is 2.86. The number of hydrogen-bond acceptors (Lipinski definition) is 6. The summed E-state index contributed by atoms with van der Waals surface area (Å²) in [4.78, 5) is 29.1. The quantitative estimate of drug-likeness (QED) is 0.666. The number of nitrogens with zero attached hydrogens (tertiary/aromatic N) is 4. The Morgan fingerprint density at radius 3 is 2.50 bits per heavy atom.